The Morgan fingerprint density at radius 2 is 1.61 bits per heavy atom. The topological polar surface area (TPSA) is 174 Å². The number of likely N-dealkylation sites (N-methyl/N-ethyl adjacent to an activating group) is 1. The largest absolute Gasteiger partial charge is 0.353 e. The molecule has 2 saturated carbocycles. The van der Waals surface area contributed by atoms with Crippen LogP contribution in [0.25, 0.3) is 0 Å². The number of ketones is 1. The van der Waals surface area contributed by atoms with Crippen LogP contribution in [0.1, 0.15) is 106 Å². The van der Waals surface area contributed by atoms with Crippen LogP contribution in [-0.4, -0.2) is 104 Å². The Labute approximate surface area is 292 Å². The van der Waals surface area contributed by atoms with Crippen LogP contribution in [0.15, 0.2) is 0 Å². The van der Waals surface area contributed by atoms with E-state index in [-0.39, 0.29) is 41.4 Å². The number of urea groups is 1. The first-order valence-corrected chi connectivity index (χ1v) is 20.0. The molecule has 13 nitrogen and oxygen atoms in total. The molecule has 0 aromatic heterocycles. The summed E-state index contributed by atoms with van der Waals surface area (Å²) in [6, 6.07) is -3.77. The van der Waals surface area contributed by atoms with E-state index in [0.717, 1.165) is 44.9 Å². The summed E-state index contributed by atoms with van der Waals surface area (Å²) in [7, 11) is -2.03. The van der Waals surface area contributed by atoms with Gasteiger partial charge in [-0.05, 0) is 60.7 Å². The maximum Gasteiger partial charge on any atom is 0.315 e. The number of nitrogens with one attached hydrogen (secondary N) is 4. The van der Waals surface area contributed by atoms with Gasteiger partial charge in [0.2, 0.25) is 27.6 Å². The number of hydrogen-bond donors (Lipinski definition) is 4. The average molecular weight is 709 g/mol. The molecule has 14 heteroatoms. The average Bonchev–Trinajstić information content (AvgIpc) is 3.35. The zero-order valence-corrected chi connectivity index (χ0v) is 31.4. The molecule has 0 aromatic carbocycles. The maximum absolute atomic E-state index is 14.6. The number of amides is 5. The number of fused-ring (bicyclic) bond motifs is 1. The van der Waals surface area contributed by atoms with Crippen molar-refractivity contribution in [2.45, 2.75) is 130 Å². The fourth-order valence-corrected chi connectivity index (χ4v) is 9.79. The van der Waals surface area contributed by atoms with E-state index in [0.29, 0.717) is 32.4 Å². The summed E-state index contributed by atoms with van der Waals surface area (Å²) < 4.78 is 27.0. The molecule has 0 radical (unpaired) electrons. The van der Waals surface area contributed by atoms with Gasteiger partial charge in [-0.25, -0.2) is 13.2 Å². The van der Waals surface area contributed by atoms with Crippen LogP contribution >= 0.6 is 0 Å². The molecule has 278 valence electrons. The first kappa shape index (κ1) is 39.1. The van der Waals surface area contributed by atoms with Crippen molar-refractivity contribution in [2.24, 2.45) is 28.6 Å². The molecular weight excluding hydrogens is 648 g/mol. The van der Waals surface area contributed by atoms with Crippen LogP contribution in [0.3, 0.4) is 0 Å². The number of hydrogen-bond acceptors (Lipinski definition) is 7. The molecule has 2 aliphatic heterocycles. The third-order valence-electron chi connectivity index (χ3n) is 11.6. The summed E-state index contributed by atoms with van der Waals surface area (Å²) in [4.78, 5) is 69.2. The van der Waals surface area contributed by atoms with Crippen molar-refractivity contribution in [1.29, 1.82) is 0 Å². The Balaban J connectivity index is 1.56. The van der Waals surface area contributed by atoms with Gasteiger partial charge in [-0.3, -0.25) is 19.2 Å². The van der Waals surface area contributed by atoms with Gasteiger partial charge in [0, 0.05) is 32.7 Å². The summed E-state index contributed by atoms with van der Waals surface area (Å²) in [6.45, 7) is 12.9. The lowest BCUT2D eigenvalue weighted by molar-refractivity contribution is -0.144. The van der Waals surface area contributed by atoms with Gasteiger partial charge < -0.3 is 26.2 Å². The van der Waals surface area contributed by atoms with Crippen LogP contribution in [0, 0.1) is 28.6 Å². The first-order chi connectivity index (χ1) is 22.9. The number of sulfonamides is 1. The molecule has 4 N–H and O–H groups in total. The van der Waals surface area contributed by atoms with Crippen LogP contribution < -0.4 is 21.3 Å². The zero-order chi connectivity index (χ0) is 36.3. The number of piperidine rings is 1. The van der Waals surface area contributed by atoms with Gasteiger partial charge in [-0.15, -0.1) is 0 Å². The lowest BCUT2D eigenvalue weighted by atomic mass is 9.83. The predicted molar refractivity (Wildman–Crippen MR) is 187 cm³/mol. The lowest BCUT2D eigenvalue weighted by Crippen LogP contribution is -2.62. The lowest BCUT2D eigenvalue weighted by Gasteiger charge is -2.39. The fourth-order valence-electron chi connectivity index (χ4n) is 8.18. The summed E-state index contributed by atoms with van der Waals surface area (Å²) >= 11 is 0. The van der Waals surface area contributed by atoms with E-state index in [1.165, 1.54) is 11.4 Å². The Kier molecular flexibility index (Phi) is 12.5. The molecule has 5 amide bonds. The quantitative estimate of drug-likeness (QED) is 0.213. The SMILES string of the molecule is CCCCC(NC(=O)[C@@H]1[C@@H]2C(CN1C(=O)[C@@H](NC(=O)N[C@H](CN1CCCCS1(=O)=O)C(C)(C)C)C1CCCCC1)C2(C)C)C(=O)C(=O)NC. The highest BCUT2D eigenvalue weighted by Crippen LogP contribution is 2.65. The molecule has 4 fully saturated rings. The Bertz CT molecular complexity index is 1360. The number of carbonyl (C=O) groups excluding carboxylic acids is 5. The van der Waals surface area contributed by atoms with Crippen LogP contribution in [0.4, 0.5) is 4.79 Å². The summed E-state index contributed by atoms with van der Waals surface area (Å²) in [5.74, 6) is -2.31. The minimum Gasteiger partial charge on any atom is -0.353 e. The highest BCUT2D eigenvalue weighted by atomic mass is 32.2. The molecule has 4 rings (SSSR count). The maximum atomic E-state index is 14.6. The van der Waals surface area contributed by atoms with Crippen molar-refractivity contribution < 1.29 is 32.4 Å². The summed E-state index contributed by atoms with van der Waals surface area (Å²) in [5.41, 5.74) is -0.650. The number of likely N-dealkylation sites (tertiary alicyclic amines) is 1. The highest BCUT2D eigenvalue weighted by Gasteiger charge is 2.69. The van der Waals surface area contributed by atoms with Crippen LogP contribution in [0.2, 0.25) is 0 Å². The minimum absolute atomic E-state index is 0.0912. The van der Waals surface area contributed by atoms with Crippen molar-refractivity contribution in [3.63, 3.8) is 0 Å². The predicted octanol–water partition coefficient (Wildman–Crippen LogP) is 2.55. The summed E-state index contributed by atoms with van der Waals surface area (Å²) in [5, 5.41) is 11.2. The highest BCUT2D eigenvalue weighted by molar-refractivity contribution is 7.89. The third-order valence-corrected chi connectivity index (χ3v) is 13.5. The molecule has 49 heavy (non-hydrogen) atoms. The van der Waals surface area contributed by atoms with Crippen molar-refractivity contribution in [2.75, 3.05) is 32.4 Å². The molecule has 0 bridgehead atoms. The van der Waals surface area contributed by atoms with E-state index in [4.69, 9.17) is 0 Å². The second-order valence-corrected chi connectivity index (χ2v) is 18.4. The normalized spacial score (nSPS) is 26.8. The van der Waals surface area contributed by atoms with E-state index in [1.54, 1.807) is 4.90 Å². The molecule has 6 atom stereocenters. The summed E-state index contributed by atoms with van der Waals surface area (Å²) in [6.07, 6.45) is 7.54. The number of carbonyl (C=O) groups is 5. The molecule has 2 aliphatic carbocycles. The van der Waals surface area contributed by atoms with Gasteiger partial charge in [-0.2, -0.15) is 4.31 Å². The first-order valence-electron chi connectivity index (χ1n) is 18.4. The standard InChI is InChI=1S/C35H60N6O7S/c1-8-9-17-24(29(42)31(44)36-7)37-30(43)28-26-23(35(26,5)6)20-41(28)32(45)27(22-15-11-10-12-16-22)39-33(46)38-25(34(2,3)4)21-40-18-13-14-19-49(40,47)48/h22-28H,8-21H2,1-7H3,(H,36,44)(H,37,43)(H2,38,39,46)/t23?,24?,25-,26+,27+,28+/m1/s1. The van der Waals surface area contributed by atoms with Gasteiger partial charge in [-0.1, -0.05) is 73.6 Å². The van der Waals surface area contributed by atoms with Crippen molar-refractivity contribution >= 4 is 39.6 Å². The second kappa shape index (κ2) is 15.7. The Hall–Kier alpha value is -2.74. The Morgan fingerprint density at radius 1 is 0.939 bits per heavy atom. The van der Waals surface area contributed by atoms with Gasteiger partial charge in [0.25, 0.3) is 5.91 Å². The van der Waals surface area contributed by atoms with Crippen molar-refractivity contribution in [3.8, 4) is 0 Å². The second-order valence-electron chi connectivity index (χ2n) is 16.3. The van der Waals surface area contributed by atoms with Crippen molar-refractivity contribution in [1.82, 2.24) is 30.5 Å². The number of rotatable bonds is 13. The van der Waals surface area contributed by atoms with Crippen LogP contribution in [0.5, 0.6) is 0 Å². The smallest absolute Gasteiger partial charge is 0.315 e. The molecule has 4 aliphatic rings. The number of unbranched alkanes of at least 4 members (excludes halogenated alkanes) is 1. The zero-order valence-electron chi connectivity index (χ0n) is 30.6. The van der Waals surface area contributed by atoms with Crippen molar-refractivity contribution in [3.05, 3.63) is 0 Å². The molecule has 2 saturated heterocycles. The number of Topliss-reactive ketones (excluding diaryl/α,β-unsaturated/α-hetero) is 1. The van der Waals surface area contributed by atoms with Crippen LogP contribution in [-0.2, 0) is 29.2 Å². The molecule has 0 spiro atoms. The molecule has 0 aromatic rings. The molecule has 2 unspecified atom stereocenters. The van der Waals surface area contributed by atoms with Gasteiger partial charge in [0.1, 0.15) is 12.1 Å². The van der Waals surface area contributed by atoms with E-state index in [2.05, 4.69) is 35.1 Å². The molecular formula is C35H60N6O7S. The Morgan fingerprint density at radius 3 is 2.20 bits per heavy atom. The minimum atomic E-state index is -3.41. The van der Waals surface area contributed by atoms with E-state index >= 15 is 0 Å². The molecule has 2 heterocycles. The van der Waals surface area contributed by atoms with Gasteiger partial charge >= 0.3 is 6.03 Å². The number of nitrogens with zero attached hydrogens (tertiary/aromatic N) is 2. The fraction of sp³-hybridized carbons (Fsp3) is 0.857. The van der Waals surface area contributed by atoms with E-state index in [1.807, 2.05) is 27.7 Å². The van der Waals surface area contributed by atoms with Gasteiger partial charge in [0.15, 0.2) is 0 Å². The van der Waals surface area contributed by atoms with Gasteiger partial charge in [0.05, 0.1) is 11.8 Å². The third kappa shape index (κ3) is 8.95. The van der Waals surface area contributed by atoms with E-state index in [9.17, 15) is 32.4 Å². The monoisotopic (exact) mass is 708 g/mol. The van der Waals surface area contributed by atoms with E-state index < -0.39 is 63.2 Å².